The highest BCUT2D eigenvalue weighted by Gasteiger charge is 2.18. The number of amides is 1. The number of hydrogen-bond acceptors (Lipinski definition) is 3. The molecule has 0 radical (unpaired) electrons. The Hall–Kier alpha value is -1.65. The molecule has 2 unspecified atom stereocenters. The highest BCUT2D eigenvalue weighted by Crippen LogP contribution is 2.19. The Morgan fingerprint density at radius 1 is 0.320 bits per heavy atom. The molecule has 0 aromatic rings. The summed E-state index contributed by atoms with van der Waals surface area (Å²) >= 11 is 0. The zero-order valence-corrected chi connectivity index (χ0v) is 51.1. The SMILES string of the molecule is CCCCCCC/C=C\C/C=C\C/C=C\CCCCCCCCCCCCCCCCCCCCCCCCCCCCC(=O)NC(CO)C(O)/C=C/CCCCCCCCCCCCCCCCCCCCCC. The van der Waals surface area contributed by atoms with Crippen LogP contribution < -0.4 is 5.32 Å². The van der Waals surface area contributed by atoms with Gasteiger partial charge in [0.15, 0.2) is 0 Å². The first kappa shape index (κ1) is 73.3. The molecule has 0 saturated heterocycles. The fourth-order valence-electron chi connectivity index (χ4n) is 10.8. The Kier molecular flexibility index (Phi) is 65.2. The quantitative estimate of drug-likeness (QED) is 0.0420. The smallest absolute Gasteiger partial charge is 0.220 e. The van der Waals surface area contributed by atoms with Gasteiger partial charge in [-0.3, -0.25) is 4.79 Å². The van der Waals surface area contributed by atoms with Crippen molar-refractivity contribution >= 4 is 5.91 Å². The lowest BCUT2D eigenvalue weighted by Crippen LogP contribution is -2.45. The first-order chi connectivity index (χ1) is 37.2. The first-order valence-electron chi connectivity index (χ1n) is 34.4. The van der Waals surface area contributed by atoms with Gasteiger partial charge in [0.05, 0.1) is 18.8 Å². The number of rotatable bonds is 64. The van der Waals surface area contributed by atoms with Crippen molar-refractivity contribution in [1.82, 2.24) is 5.32 Å². The molecule has 4 nitrogen and oxygen atoms in total. The number of carbonyl (C=O) groups is 1. The van der Waals surface area contributed by atoms with Gasteiger partial charge in [0.2, 0.25) is 5.91 Å². The maximum atomic E-state index is 12.5. The second-order valence-electron chi connectivity index (χ2n) is 23.6. The van der Waals surface area contributed by atoms with Gasteiger partial charge in [-0.05, 0) is 57.8 Å². The summed E-state index contributed by atoms with van der Waals surface area (Å²) in [5.41, 5.74) is 0. The van der Waals surface area contributed by atoms with E-state index in [0.717, 1.165) is 38.5 Å². The number of aliphatic hydroxyl groups excluding tert-OH is 2. The number of aliphatic hydroxyl groups is 2. The zero-order chi connectivity index (χ0) is 54.1. The van der Waals surface area contributed by atoms with Gasteiger partial charge in [-0.25, -0.2) is 0 Å². The van der Waals surface area contributed by atoms with Gasteiger partial charge in [0.1, 0.15) is 0 Å². The number of hydrogen-bond donors (Lipinski definition) is 3. The summed E-state index contributed by atoms with van der Waals surface area (Å²) in [6.45, 7) is 4.34. The fourth-order valence-corrected chi connectivity index (χ4v) is 10.8. The van der Waals surface area contributed by atoms with Gasteiger partial charge in [0.25, 0.3) is 0 Å². The molecule has 0 spiro atoms. The van der Waals surface area contributed by atoms with Crippen LogP contribution in [0.1, 0.15) is 380 Å². The topological polar surface area (TPSA) is 69.6 Å². The highest BCUT2D eigenvalue weighted by atomic mass is 16.3. The molecule has 4 heteroatoms. The third kappa shape index (κ3) is 63.1. The van der Waals surface area contributed by atoms with Gasteiger partial charge < -0.3 is 15.5 Å². The maximum absolute atomic E-state index is 12.5. The lowest BCUT2D eigenvalue weighted by atomic mass is 10.0. The van der Waals surface area contributed by atoms with Crippen LogP contribution in [0.2, 0.25) is 0 Å². The average molecular weight is 1050 g/mol. The third-order valence-corrected chi connectivity index (χ3v) is 16.1. The minimum Gasteiger partial charge on any atom is -0.394 e. The van der Waals surface area contributed by atoms with E-state index < -0.39 is 12.1 Å². The normalized spacial score (nSPS) is 13.0. The largest absolute Gasteiger partial charge is 0.394 e. The van der Waals surface area contributed by atoms with Crippen molar-refractivity contribution in [2.45, 2.75) is 392 Å². The molecule has 1 amide bonds. The minimum atomic E-state index is -0.839. The molecule has 0 saturated carbocycles. The van der Waals surface area contributed by atoms with Crippen molar-refractivity contribution in [3.05, 3.63) is 48.6 Å². The molecule has 0 aromatic heterocycles. The molecule has 442 valence electrons. The lowest BCUT2D eigenvalue weighted by molar-refractivity contribution is -0.123. The van der Waals surface area contributed by atoms with Crippen molar-refractivity contribution in [1.29, 1.82) is 0 Å². The van der Waals surface area contributed by atoms with Crippen LogP contribution in [-0.2, 0) is 4.79 Å². The van der Waals surface area contributed by atoms with E-state index in [4.69, 9.17) is 0 Å². The van der Waals surface area contributed by atoms with Crippen LogP contribution in [-0.4, -0.2) is 34.9 Å². The van der Waals surface area contributed by atoms with Crippen LogP contribution in [0.25, 0.3) is 0 Å². The molecular formula is C71H135NO3. The molecule has 75 heavy (non-hydrogen) atoms. The number of carbonyl (C=O) groups excluding carboxylic acids is 1. The van der Waals surface area contributed by atoms with Gasteiger partial charge in [-0.15, -0.1) is 0 Å². The van der Waals surface area contributed by atoms with Crippen LogP contribution in [0.3, 0.4) is 0 Å². The summed E-state index contributed by atoms with van der Waals surface area (Å²) in [7, 11) is 0. The van der Waals surface area contributed by atoms with E-state index in [9.17, 15) is 15.0 Å². The molecular weight excluding hydrogens is 915 g/mol. The zero-order valence-electron chi connectivity index (χ0n) is 51.1. The Balaban J connectivity index is 3.40. The van der Waals surface area contributed by atoms with Crippen molar-refractivity contribution in [3.8, 4) is 0 Å². The molecule has 0 heterocycles. The Labute approximate surface area is 471 Å². The Morgan fingerprint density at radius 3 is 0.813 bits per heavy atom. The first-order valence-corrected chi connectivity index (χ1v) is 34.4. The van der Waals surface area contributed by atoms with E-state index in [1.54, 1.807) is 6.08 Å². The fraction of sp³-hybridized carbons (Fsp3) is 0.873. The monoisotopic (exact) mass is 1050 g/mol. The summed E-state index contributed by atoms with van der Waals surface area (Å²) in [6.07, 6.45) is 93.4. The second kappa shape index (κ2) is 66.6. The predicted octanol–water partition coefficient (Wildman–Crippen LogP) is 23.3. The van der Waals surface area contributed by atoms with E-state index in [2.05, 4.69) is 55.6 Å². The molecule has 2 atom stereocenters. The number of allylic oxidation sites excluding steroid dienone is 7. The van der Waals surface area contributed by atoms with E-state index in [-0.39, 0.29) is 12.5 Å². The van der Waals surface area contributed by atoms with E-state index in [1.807, 2.05) is 6.08 Å². The van der Waals surface area contributed by atoms with Crippen LogP contribution >= 0.6 is 0 Å². The number of unbranched alkanes of at least 4 members (excludes halogenated alkanes) is 51. The van der Waals surface area contributed by atoms with Crippen molar-refractivity contribution in [2.75, 3.05) is 6.61 Å². The molecule has 0 aromatic carbocycles. The van der Waals surface area contributed by atoms with Crippen LogP contribution in [0.4, 0.5) is 0 Å². The molecule has 0 aliphatic heterocycles. The van der Waals surface area contributed by atoms with Crippen LogP contribution in [0.5, 0.6) is 0 Å². The standard InChI is InChI=1S/C71H135NO3/c1-3-5-7-9-11-13-15-17-19-21-23-25-27-28-29-30-31-32-33-34-35-36-37-38-39-40-41-42-43-44-45-47-49-51-53-55-57-59-61-63-65-67-71(75)72-69(68-73)70(74)66-64-62-60-58-56-54-52-50-48-46-26-24-22-20-18-16-14-12-10-8-6-4-2/h15,17,21,23,27-28,64,66,69-70,73-74H,3-14,16,18-20,22,24-26,29-63,65,67-68H2,1-2H3,(H,72,75)/b17-15-,23-21-,28-27-,66-64+. The molecule has 0 bridgehead atoms. The van der Waals surface area contributed by atoms with Crippen LogP contribution in [0, 0.1) is 0 Å². The second-order valence-corrected chi connectivity index (χ2v) is 23.6. The van der Waals surface area contributed by atoms with Crippen LogP contribution in [0.15, 0.2) is 48.6 Å². The average Bonchev–Trinajstić information content (AvgIpc) is 3.41. The van der Waals surface area contributed by atoms with E-state index in [1.165, 1.54) is 321 Å². The summed E-state index contributed by atoms with van der Waals surface area (Å²) in [6, 6.07) is -0.622. The van der Waals surface area contributed by atoms with Gasteiger partial charge in [0, 0.05) is 6.42 Å². The minimum absolute atomic E-state index is 0.0561. The van der Waals surface area contributed by atoms with Gasteiger partial charge in [-0.2, -0.15) is 0 Å². The summed E-state index contributed by atoms with van der Waals surface area (Å²) in [4.78, 5) is 12.5. The molecule has 3 N–H and O–H groups in total. The molecule has 0 aliphatic rings. The van der Waals surface area contributed by atoms with Crippen molar-refractivity contribution in [2.24, 2.45) is 0 Å². The van der Waals surface area contributed by atoms with Crippen molar-refractivity contribution < 1.29 is 15.0 Å². The highest BCUT2D eigenvalue weighted by molar-refractivity contribution is 5.76. The Morgan fingerprint density at radius 2 is 0.547 bits per heavy atom. The molecule has 0 rings (SSSR count). The molecule has 0 aliphatic carbocycles. The van der Waals surface area contributed by atoms with E-state index in [0.29, 0.717) is 6.42 Å². The lowest BCUT2D eigenvalue weighted by Gasteiger charge is -2.20. The third-order valence-electron chi connectivity index (χ3n) is 16.1. The van der Waals surface area contributed by atoms with Crippen molar-refractivity contribution in [3.63, 3.8) is 0 Å². The molecule has 0 fully saturated rings. The van der Waals surface area contributed by atoms with Gasteiger partial charge >= 0.3 is 0 Å². The summed E-state index contributed by atoms with van der Waals surface area (Å²) in [5, 5.41) is 23.3. The van der Waals surface area contributed by atoms with Gasteiger partial charge in [-0.1, -0.05) is 364 Å². The maximum Gasteiger partial charge on any atom is 0.220 e. The summed E-state index contributed by atoms with van der Waals surface area (Å²) < 4.78 is 0. The van der Waals surface area contributed by atoms with E-state index >= 15 is 0 Å². The Bertz CT molecular complexity index is 1190. The predicted molar refractivity (Wildman–Crippen MR) is 336 cm³/mol. The summed E-state index contributed by atoms with van der Waals surface area (Å²) in [5.74, 6) is -0.0561. The number of nitrogens with one attached hydrogen (secondary N) is 1.